The fourth-order valence-electron chi connectivity index (χ4n) is 2.18. The van der Waals surface area contributed by atoms with Gasteiger partial charge in [0.05, 0.1) is 18.6 Å². The van der Waals surface area contributed by atoms with Crippen LogP contribution < -0.4 is 10.2 Å². The number of carbonyl (C=O) groups excluding carboxylic acids is 1. The van der Waals surface area contributed by atoms with Gasteiger partial charge in [0.25, 0.3) is 10.1 Å². The van der Waals surface area contributed by atoms with Crippen molar-refractivity contribution < 1.29 is 31.3 Å². The molecule has 0 spiro atoms. The van der Waals surface area contributed by atoms with Gasteiger partial charge in [-0.2, -0.15) is 8.42 Å². The topological polar surface area (TPSA) is 136 Å². The molecule has 0 amide bonds. The Hall–Kier alpha value is -2.80. The van der Waals surface area contributed by atoms with E-state index in [-0.39, 0.29) is 36.4 Å². The molecule has 11 nitrogen and oxygen atoms in total. The van der Waals surface area contributed by atoms with Gasteiger partial charge in [0.15, 0.2) is 11.6 Å². The summed E-state index contributed by atoms with van der Waals surface area (Å²) in [6.45, 7) is -0.111. The van der Waals surface area contributed by atoms with Crippen molar-refractivity contribution in [1.29, 1.82) is 0 Å². The van der Waals surface area contributed by atoms with Crippen LogP contribution in [0, 0.1) is 5.82 Å². The molecule has 2 aromatic rings. The van der Waals surface area contributed by atoms with Crippen LogP contribution in [-0.2, 0) is 23.9 Å². The van der Waals surface area contributed by atoms with E-state index >= 15 is 0 Å². The number of amidine groups is 1. The van der Waals surface area contributed by atoms with Gasteiger partial charge in [-0.3, -0.25) is 4.18 Å². The minimum absolute atomic E-state index is 0.0124. The van der Waals surface area contributed by atoms with Gasteiger partial charge in [0.1, 0.15) is 5.82 Å². The number of aromatic nitrogens is 2. The lowest BCUT2D eigenvalue weighted by atomic mass is 10.2. The molecule has 1 N–H and O–H groups in total. The van der Waals surface area contributed by atoms with Crippen LogP contribution in [0.25, 0.3) is 0 Å². The third kappa shape index (κ3) is 4.36. The average molecular weight is 476 g/mol. The highest BCUT2D eigenvalue weighted by Crippen LogP contribution is 2.34. The number of halogens is 2. The van der Waals surface area contributed by atoms with Crippen molar-refractivity contribution in [3.63, 3.8) is 0 Å². The lowest BCUT2D eigenvalue weighted by Gasteiger charge is -2.17. The van der Waals surface area contributed by atoms with Gasteiger partial charge < -0.3 is 10.2 Å². The van der Waals surface area contributed by atoms with Crippen molar-refractivity contribution in [2.75, 3.05) is 29.6 Å². The number of benzene rings is 1. The molecule has 3 rings (SSSR count). The highest BCUT2D eigenvalue weighted by molar-refractivity contribution is 9.10. The second-order valence-corrected chi connectivity index (χ2v) is 7.76. The highest BCUT2D eigenvalue weighted by Gasteiger charge is 2.34. The molecule has 0 radical (unpaired) electrons. The SMILES string of the molecule is CS(=O)(=O)OCCNc1nonc1C1=NOC(=C=O)N1c1ccc(F)cc1Br. The summed E-state index contributed by atoms with van der Waals surface area (Å²) in [7, 11) is -3.59. The molecule has 14 heteroatoms. The van der Waals surface area contributed by atoms with Crippen LogP contribution in [0.5, 0.6) is 0 Å². The second-order valence-electron chi connectivity index (χ2n) is 5.26. The number of oxime groups is 1. The molecule has 28 heavy (non-hydrogen) atoms. The van der Waals surface area contributed by atoms with E-state index in [0.29, 0.717) is 10.2 Å². The summed E-state index contributed by atoms with van der Waals surface area (Å²) >= 11 is 3.21. The van der Waals surface area contributed by atoms with Gasteiger partial charge >= 0.3 is 5.88 Å². The molecule has 1 aromatic carbocycles. The Balaban J connectivity index is 1.86. The quantitative estimate of drug-likeness (QED) is 0.353. The molecule has 0 aliphatic carbocycles. The number of nitrogens with one attached hydrogen (secondary N) is 1. The Morgan fingerprint density at radius 1 is 1.39 bits per heavy atom. The molecule has 1 aliphatic heterocycles. The van der Waals surface area contributed by atoms with Gasteiger partial charge in [-0.1, -0.05) is 5.16 Å². The number of anilines is 2. The van der Waals surface area contributed by atoms with Crippen LogP contribution in [0.3, 0.4) is 0 Å². The summed E-state index contributed by atoms with van der Waals surface area (Å²) in [5.41, 5.74) is 0.381. The van der Waals surface area contributed by atoms with E-state index < -0.39 is 15.9 Å². The average Bonchev–Trinajstić information content (AvgIpc) is 3.24. The molecule has 2 heterocycles. The van der Waals surface area contributed by atoms with Crippen LogP contribution in [0.2, 0.25) is 0 Å². The van der Waals surface area contributed by atoms with Gasteiger partial charge in [0, 0.05) is 11.0 Å². The zero-order valence-electron chi connectivity index (χ0n) is 14.0. The van der Waals surface area contributed by atoms with Crippen molar-refractivity contribution in [2.24, 2.45) is 5.16 Å². The number of rotatable bonds is 7. The summed E-state index contributed by atoms with van der Waals surface area (Å²) in [4.78, 5) is 17.4. The molecule has 1 aromatic heterocycles. The van der Waals surface area contributed by atoms with Crippen molar-refractivity contribution in [2.45, 2.75) is 0 Å². The van der Waals surface area contributed by atoms with E-state index in [1.807, 2.05) is 0 Å². The molecule has 0 saturated carbocycles. The second kappa shape index (κ2) is 8.06. The molecule has 0 unspecified atom stereocenters. The van der Waals surface area contributed by atoms with E-state index in [0.717, 1.165) is 6.26 Å². The Bertz CT molecular complexity index is 1080. The first-order valence-electron chi connectivity index (χ1n) is 7.46. The molecule has 0 atom stereocenters. The van der Waals surface area contributed by atoms with Crippen LogP contribution >= 0.6 is 15.9 Å². The summed E-state index contributed by atoms with van der Waals surface area (Å²) < 4.78 is 45.0. The van der Waals surface area contributed by atoms with Crippen molar-refractivity contribution in [3.8, 4) is 0 Å². The van der Waals surface area contributed by atoms with E-state index in [9.17, 15) is 17.6 Å². The maximum Gasteiger partial charge on any atom is 0.320 e. The molecule has 1 aliphatic rings. The third-order valence-electron chi connectivity index (χ3n) is 3.26. The fourth-order valence-corrected chi connectivity index (χ4v) is 3.09. The van der Waals surface area contributed by atoms with Crippen LogP contribution in [0.15, 0.2) is 38.3 Å². The van der Waals surface area contributed by atoms with Gasteiger partial charge in [-0.25, -0.2) is 18.7 Å². The number of hydrogen-bond donors (Lipinski definition) is 1. The molecule has 0 saturated heterocycles. The maximum atomic E-state index is 13.4. The zero-order valence-corrected chi connectivity index (χ0v) is 16.5. The van der Waals surface area contributed by atoms with E-state index in [2.05, 4.69) is 40.9 Å². The highest BCUT2D eigenvalue weighted by atomic mass is 79.9. The monoisotopic (exact) mass is 475 g/mol. The Kier molecular flexibility index (Phi) is 5.74. The minimum atomic E-state index is -3.59. The maximum absolute atomic E-state index is 13.4. The lowest BCUT2D eigenvalue weighted by Crippen LogP contribution is -2.28. The van der Waals surface area contributed by atoms with Crippen LogP contribution in [0.4, 0.5) is 15.9 Å². The first-order valence-corrected chi connectivity index (χ1v) is 10.1. The van der Waals surface area contributed by atoms with E-state index in [1.54, 1.807) is 5.94 Å². The van der Waals surface area contributed by atoms with Crippen LogP contribution in [0.1, 0.15) is 5.69 Å². The van der Waals surface area contributed by atoms with Gasteiger partial charge in [-0.05, 0) is 44.4 Å². The van der Waals surface area contributed by atoms with Gasteiger partial charge in [-0.15, -0.1) is 0 Å². The largest absolute Gasteiger partial charge is 0.363 e. The number of hydrogen-bond acceptors (Lipinski definition) is 11. The summed E-state index contributed by atoms with van der Waals surface area (Å²) in [5, 5.41) is 13.9. The van der Waals surface area contributed by atoms with E-state index in [4.69, 9.17) is 9.47 Å². The fraction of sp³-hybridized carbons (Fsp3) is 0.214. The number of nitrogens with zero attached hydrogens (tertiary/aromatic N) is 4. The first kappa shape index (κ1) is 19.9. The van der Waals surface area contributed by atoms with Gasteiger partial charge in [0.2, 0.25) is 11.7 Å². The van der Waals surface area contributed by atoms with Crippen molar-refractivity contribution in [1.82, 2.24) is 10.3 Å². The smallest absolute Gasteiger partial charge is 0.320 e. The molecule has 148 valence electrons. The van der Waals surface area contributed by atoms with Crippen molar-refractivity contribution >= 4 is 49.3 Å². The zero-order chi connectivity index (χ0) is 20.3. The Labute approximate surface area is 166 Å². The molecular formula is C14H11BrFN5O6S. The minimum Gasteiger partial charge on any atom is -0.363 e. The van der Waals surface area contributed by atoms with E-state index in [1.165, 1.54) is 23.1 Å². The molecule has 0 bridgehead atoms. The Morgan fingerprint density at radius 3 is 2.86 bits per heavy atom. The van der Waals surface area contributed by atoms with Crippen LogP contribution in [-0.4, -0.2) is 49.9 Å². The summed E-state index contributed by atoms with van der Waals surface area (Å²) in [6, 6.07) is 3.76. The summed E-state index contributed by atoms with van der Waals surface area (Å²) in [6.07, 6.45) is 0.923. The summed E-state index contributed by atoms with van der Waals surface area (Å²) in [5.74, 6) is 0.888. The normalized spacial score (nSPS) is 13.9. The van der Waals surface area contributed by atoms with Crippen molar-refractivity contribution in [3.05, 3.63) is 40.1 Å². The predicted molar refractivity (Wildman–Crippen MR) is 97.0 cm³/mol. The standard InChI is InChI=1S/C14H11BrFN5O6S/c1-28(23,24)25-5-4-17-13-12(18-27-19-13)14-20-26-11(7-22)21(14)10-3-2-8(16)6-9(10)15/h2-3,6H,4-5H2,1H3,(H,17,19). The lowest BCUT2D eigenvalue weighted by molar-refractivity contribution is 0.248. The third-order valence-corrected chi connectivity index (χ3v) is 4.49. The molecular weight excluding hydrogens is 465 g/mol. The predicted octanol–water partition coefficient (Wildman–Crippen LogP) is 1.23. The molecule has 0 fully saturated rings. The Morgan fingerprint density at radius 2 is 2.18 bits per heavy atom. The first-order chi connectivity index (χ1) is 13.3.